The van der Waals surface area contributed by atoms with Gasteiger partial charge in [0.25, 0.3) is 5.91 Å². The van der Waals surface area contributed by atoms with E-state index >= 15 is 0 Å². The van der Waals surface area contributed by atoms with Crippen LogP contribution in [0.5, 0.6) is 0 Å². The molecule has 1 amide bonds. The van der Waals surface area contributed by atoms with Crippen molar-refractivity contribution < 1.29 is 9.21 Å². The Labute approximate surface area is 162 Å². The van der Waals surface area contributed by atoms with E-state index in [2.05, 4.69) is 18.7 Å². The molecule has 26 heavy (non-hydrogen) atoms. The molecular formula is C19H22ClN3O2S. The minimum atomic E-state index is -0.176. The second-order valence-corrected chi connectivity index (χ2v) is 7.47. The second kappa shape index (κ2) is 8.20. The van der Waals surface area contributed by atoms with Crippen LogP contribution < -0.4 is 4.90 Å². The molecule has 0 unspecified atom stereocenters. The van der Waals surface area contributed by atoms with Gasteiger partial charge in [0.1, 0.15) is 0 Å². The van der Waals surface area contributed by atoms with Crippen molar-refractivity contribution in [2.24, 2.45) is 0 Å². The van der Waals surface area contributed by atoms with Gasteiger partial charge in [-0.2, -0.15) is 0 Å². The first-order valence-corrected chi connectivity index (χ1v) is 9.87. The minimum Gasteiger partial charge on any atom is -0.459 e. The Morgan fingerprint density at radius 1 is 1.27 bits per heavy atom. The fraction of sp³-hybridized carbons (Fsp3) is 0.368. The van der Waals surface area contributed by atoms with E-state index in [1.807, 2.05) is 19.1 Å². The fourth-order valence-corrected chi connectivity index (χ4v) is 4.30. The molecule has 0 aliphatic carbocycles. The van der Waals surface area contributed by atoms with Gasteiger partial charge in [-0.15, -0.1) is 0 Å². The Morgan fingerprint density at radius 3 is 2.69 bits per heavy atom. The smallest absolute Gasteiger partial charge is 0.295 e. The van der Waals surface area contributed by atoms with Gasteiger partial charge in [-0.3, -0.25) is 9.69 Å². The van der Waals surface area contributed by atoms with Gasteiger partial charge >= 0.3 is 0 Å². The molecule has 3 aromatic rings. The molecule has 0 spiro atoms. The van der Waals surface area contributed by atoms with E-state index < -0.39 is 0 Å². The molecule has 0 saturated carbocycles. The molecule has 138 valence electrons. The summed E-state index contributed by atoms with van der Waals surface area (Å²) < 4.78 is 6.30. The van der Waals surface area contributed by atoms with Gasteiger partial charge in [0.15, 0.2) is 10.9 Å². The van der Waals surface area contributed by atoms with Crippen LogP contribution in [0.15, 0.2) is 34.9 Å². The van der Waals surface area contributed by atoms with Crippen LogP contribution in [0.4, 0.5) is 5.13 Å². The second-order valence-electron chi connectivity index (χ2n) is 6.03. The first-order valence-electron chi connectivity index (χ1n) is 8.67. The molecule has 0 saturated heterocycles. The number of furan rings is 1. The topological polar surface area (TPSA) is 49.6 Å². The monoisotopic (exact) mass is 391 g/mol. The first-order chi connectivity index (χ1) is 12.5. The van der Waals surface area contributed by atoms with Crippen LogP contribution in [0.1, 0.15) is 30.0 Å². The summed E-state index contributed by atoms with van der Waals surface area (Å²) in [5.74, 6) is 0.142. The number of hydrogen-bond donors (Lipinski definition) is 0. The predicted molar refractivity (Wildman–Crippen MR) is 108 cm³/mol. The minimum absolute atomic E-state index is 0.176. The highest BCUT2D eigenvalue weighted by atomic mass is 35.5. The van der Waals surface area contributed by atoms with Crippen LogP contribution in [0.25, 0.3) is 10.2 Å². The molecule has 0 N–H and O–H groups in total. The Morgan fingerprint density at radius 2 is 2.04 bits per heavy atom. The predicted octanol–water partition coefficient (Wildman–Crippen LogP) is 4.84. The highest BCUT2D eigenvalue weighted by molar-refractivity contribution is 7.22. The SMILES string of the molecule is CCN(CC)CCN(C(=O)c1ccco1)c1nc2c(C)cc(Cl)cc2s1. The molecule has 0 atom stereocenters. The maximum atomic E-state index is 13.0. The Balaban J connectivity index is 1.96. The summed E-state index contributed by atoms with van der Waals surface area (Å²) >= 11 is 7.65. The van der Waals surface area contributed by atoms with Crippen LogP contribution in [-0.4, -0.2) is 42.0 Å². The number of carbonyl (C=O) groups is 1. The molecule has 7 heteroatoms. The average Bonchev–Trinajstić information content (AvgIpc) is 3.28. The van der Waals surface area contributed by atoms with E-state index in [1.165, 1.54) is 17.6 Å². The van der Waals surface area contributed by atoms with Gasteiger partial charge < -0.3 is 9.32 Å². The Kier molecular flexibility index (Phi) is 5.96. The zero-order chi connectivity index (χ0) is 18.7. The summed E-state index contributed by atoms with van der Waals surface area (Å²) in [4.78, 5) is 21.7. The number of rotatable bonds is 7. The Hall–Kier alpha value is -1.89. The van der Waals surface area contributed by atoms with Crippen LogP contribution >= 0.6 is 22.9 Å². The summed E-state index contributed by atoms with van der Waals surface area (Å²) in [6.07, 6.45) is 1.51. The maximum absolute atomic E-state index is 13.0. The van der Waals surface area contributed by atoms with Gasteiger partial charge in [-0.1, -0.05) is 36.8 Å². The molecule has 3 rings (SSSR count). The summed E-state index contributed by atoms with van der Waals surface area (Å²) in [5.41, 5.74) is 1.89. The molecule has 1 aromatic carbocycles. The summed E-state index contributed by atoms with van der Waals surface area (Å²) in [5, 5.41) is 1.34. The number of halogens is 1. The van der Waals surface area contributed by atoms with E-state index in [-0.39, 0.29) is 5.91 Å². The average molecular weight is 392 g/mol. The van der Waals surface area contributed by atoms with Crippen molar-refractivity contribution in [1.82, 2.24) is 9.88 Å². The number of fused-ring (bicyclic) bond motifs is 1. The number of hydrogen-bond acceptors (Lipinski definition) is 5. The third-order valence-corrected chi connectivity index (χ3v) is 5.62. The van der Waals surface area contributed by atoms with Gasteiger partial charge in [-0.25, -0.2) is 4.98 Å². The quantitative estimate of drug-likeness (QED) is 0.578. The lowest BCUT2D eigenvalue weighted by molar-refractivity contribution is 0.0957. The molecule has 2 heterocycles. The Bertz CT molecular complexity index is 888. The number of nitrogens with zero attached hydrogens (tertiary/aromatic N) is 3. The normalized spacial score (nSPS) is 11.4. The number of aromatic nitrogens is 1. The number of anilines is 1. The third kappa shape index (κ3) is 3.92. The van der Waals surface area contributed by atoms with E-state index in [9.17, 15) is 4.79 Å². The van der Waals surface area contributed by atoms with E-state index in [1.54, 1.807) is 17.0 Å². The van der Waals surface area contributed by atoms with Crippen molar-refractivity contribution >= 4 is 44.2 Å². The van der Waals surface area contributed by atoms with Crippen molar-refractivity contribution in [3.63, 3.8) is 0 Å². The van der Waals surface area contributed by atoms with E-state index in [0.717, 1.165) is 35.4 Å². The van der Waals surface area contributed by atoms with Gasteiger partial charge in [0.05, 0.1) is 16.5 Å². The molecular weight excluding hydrogens is 370 g/mol. The zero-order valence-corrected chi connectivity index (χ0v) is 16.7. The molecule has 0 bridgehead atoms. The first kappa shape index (κ1) is 18.9. The van der Waals surface area contributed by atoms with Gasteiger partial charge in [-0.05, 0) is 49.8 Å². The van der Waals surface area contributed by atoms with Crippen LogP contribution in [0.3, 0.4) is 0 Å². The van der Waals surface area contributed by atoms with Crippen LogP contribution in [0, 0.1) is 6.92 Å². The number of benzene rings is 1. The molecule has 0 fully saturated rings. The lowest BCUT2D eigenvalue weighted by atomic mass is 10.2. The molecule has 0 aliphatic rings. The summed E-state index contributed by atoms with van der Waals surface area (Å²) in [6.45, 7) is 9.41. The van der Waals surface area contributed by atoms with E-state index in [4.69, 9.17) is 21.0 Å². The fourth-order valence-electron chi connectivity index (χ4n) is 2.86. The number of likely N-dealkylation sites (N-methyl/N-ethyl adjacent to an activating group) is 1. The molecule has 5 nitrogen and oxygen atoms in total. The number of carbonyl (C=O) groups excluding carboxylic acids is 1. The maximum Gasteiger partial charge on any atom is 0.295 e. The lowest BCUT2D eigenvalue weighted by Crippen LogP contribution is -2.38. The largest absolute Gasteiger partial charge is 0.459 e. The number of aryl methyl sites for hydroxylation is 1. The van der Waals surface area contributed by atoms with Crippen molar-refractivity contribution in [2.75, 3.05) is 31.1 Å². The molecule has 2 aromatic heterocycles. The van der Waals surface area contributed by atoms with E-state index in [0.29, 0.717) is 22.5 Å². The van der Waals surface area contributed by atoms with Crippen molar-refractivity contribution in [1.29, 1.82) is 0 Å². The van der Waals surface area contributed by atoms with Crippen LogP contribution in [-0.2, 0) is 0 Å². The van der Waals surface area contributed by atoms with Crippen LogP contribution in [0.2, 0.25) is 5.02 Å². The van der Waals surface area contributed by atoms with Crippen molar-refractivity contribution in [3.05, 3.63) is 46.9 Å². The standard InChI is InChI=1S/C19H22ClN3O2S/c1-4-22(5-2)8-9-23(18(24)15-7-6-10-25-15)19-21-17-13(3)11-14(20)12-16(17)26-19/h6-7,10-12H,4-5,8-9H2,1-3H3. The lowest BCUT2D eigenvalue weighted by Gasteiger charge is -2.24. The summed E-state index contributed by atoms with van der Waals surface area (Å²) in [6, 6.07) is 7.19. The van der Waals surface area contributed by atoms with Gasteiger partial charge in [0, 0.05) is 18.1 Å². The molecule has 0 radical (unpaired) electrons. The highest BCUT2D eigenvalue weighted by Gasteiger charge is 2.24. The van der Waals surface area contributed by atoms with Gasteiger partial charge in [0.2, 0.25) is 0 Å². The van der Waals surface area contributed by atoms with Crippen molar-refractivity contribution in [3.8, 4) is 0 Å². The summed E-state index contributed by atoms with van der Waals surface area (Å²) in [7, 11) is 0. The number of amides is 1. The van der Waals surface area contributed by atoms with Crippen molar-refractivity contribution in [2.45, 2.75) is 20.8 Å². The molecule has 0 aliphatic heterocycles. The third-order valence-electron chi connectivity index (χ3n) is 4.38. The zero-order valence-electron chi connectivity index (χ0n) is 15.2. The number of thiazole rings is 1. The highest BCUT2D eigenvalue weighted by Crippen LogP contribution is 2.33.